The maximum Gasteiger partial charge on any atom is 0.274 e. The van der Waals surface area contributed by atoms with Crippen molar-refractivity contribution in [1.82, 2.24) is 20.2 Å². The number of hydrazone groups is 1. The summed E-state index contributed by atoms with van der Waals surface area (Å²) in [6, 6.07) is 2.59. The van der Waals surface area contributed by atoms with Crippen LogP contribution < -0.4 is 21.5 Å². The Labute approximate surface area is 190 Å². The molecule has 33 heavy (non-hydrogen) atoms. The van der Waals surface area contributed by atoms with Crippen LogP contribution in [-0.2, 0) is 4.79 Å². The molecule has 3 aliphatic rings. The smallest absolute Gasteiger partial charge is 0.274 e. The number of hydrogen-bond acceptors (Lipinski definition) is 8. The van der Waals surface area contributed by atoms with Crippen molar-refractivity contribution in [2.24, 2.45) is 10.1 Å². The lowest BCUT2D eigenvalue weighted by Crippen LogP contribution is -2.48. The number of anilines is 1. The number of rotatable bonds is 6. The molecule has 2 saturated carbocycles. The summed E-state index contributed by atoms with van der Waals surface area (Å²) in [6.45, 7) is 5.13. The van der Waals surface area contributed by atoms with E-state index < -0.39 is 24.2 Å². The Balaban J connectivity index is 1.65. The second-order valence-electron chi connectivity index (χ2n) is 8.32. The number of carbonyl (C=O) groups excluding carboxylic acids is 1. The van der Waals surface area contributed by atoms with E-state index in [4.69, 9.17) is 0 Å². The molecule has 1 aromatic rings. The van der Waals surface area contributed by atoms with E-state index in [9.17, 15) is 19.1 Å². The molecule has 1 aromatic heterocycles. The van der Waals surface area contributed by atoms with Gasteiger partial charge in [-0.15, -0.1) is 0 Å². The van der Waals surface area contributed by atoms with Gasteiger partial charge in [-0.05, 0) is 44.7 Å². The number of amidine groups is 1. The average molecular weight is 458 g/mol. The van der Waals surface area contributed by atoms with Crippen molar-refractivity contribution in [2.45, 2.75) is 57.0 Å². The highest BCUT2D eigenvalue weighted by Gasteiger charge is 2.34. The van der Waals surface area contributed by atoms with Crippen LogP contribution in [-0.4, -0.2) is 58.5 Å². The number of hydrogen-bond donors (Lipinski definition) is 4. The molecule has 11 heteroatoms. The highest BCUT2D eigenvalue weighted by molar-refractivity contribution is 6.06. The van der Waals surface area contributed by atoms with Gasteiger partial charge in [-0.3, -0.25) is 9.59 Å². The first kappa shape index (κ1) is 22.7. The predicted octanol–water partition coefficient (Wildman–Crippen LogP) is 1.19. The quantitative estimate of drug-likeness (QED) is 0.376. The molecule has 2 heterocycles. The van der Waals surface area contributed by atoms with E-state index in [-0.39, 0.29) is 28.7 Å². The van der Waals surface area contributed by atoms with Gasteiger partial charge in [0.05, 0.1) is 23.8 Å². The number of nitrogens with zero attached hydrogens (tertiary/aromatic N) is 4. The lowest BCUT2D eigenvalue weighted by atomic mass is 9.89. The van der Waals surface area contributed by atoms with Gasteiger partial charge in [0.1, 0.15) is 23.5 Å². The van der Waals surface area contributed by atoms with Crippen molar-refractivity contribution < 1.29 is 14.3 Å². The van der Waals surface area contributed by atoms with E-state index in [0.29, 0.717) is 30.9 Å². The van der Waals surface area contributed by atoms with Crippen LogP contribution in [0.4, 0.5) is 10.1 Å². The van der Waals surface area contributed by atoms with Crippen LogP contribution >= 0.6 is 0 Å². The van der Waals surface area contributed by atoms with E-state index in [2.05, 4.69) is 32.8 Å². The minimum atomic E-state index is -1.05. The molecule has 4 atom stereocenters. The monoisotopic (exact) mass is 457 g/mol. The van der Waals surface area contributed by atoms with Crippen molar-refractivity contribution in [3.63, 3.8) is 0 Å². The minimum Gasteiger partial charge on any atom is -0.391 e. The van der Waals surface area contributed by atoms with Crippen LogP contribution in [0.15, 0.2) is 56.5 Å². The van der Waals surface area contributed by atoms with Crippen LogP contribution in [0.1, 0.15) is 38.6 Å². The molecule has 2 aliphatic carbocycles. The predicted molar refractivity (Wildman–Crippen MR) is 123 cm³/mol. The number of aliphatic imine (C=N–C) groups is 1. The summed E-state index contributed by atoms with van der Waals surface area (Å²) < 4.78 is 15.1. The zero-order valence-electron chi connectivity index (χ0n) is 18.6. The van der Waals surface area contributed by atoms with Crippen molar-refractivity contribution in [2.75, 3.05) is 12.4 Å². The van der Waals surface area contributed by atoms with Crippen molar-refractivity contribution >= 4 is 24.1 Å². The highest BCUT2D eigenvalue weighted by atomic mass is 19.1. The molecule has 0 unspecified atom stereocenters. The molecule has 1 amide bonds. The van der Waals surface area contributed by atoms with Crippen LogP contribution in [0, 0.1) is 0 Å². The number of alkyl halides is 1. The Bertz CT molecular complexity index is 1110. The van der Waals surface area contributed by atoms with Gasteiger partial charge >= 0.3 is 0 Å². The molecule has 0 aromatic carbocycles. The number of pyridine rings is 1. The fraction of sp³-hybridized carbons (Fsp3) is 0.455. The van der Waals surface area contributed by atoms with Crippen molar-refractivity contribution in [3.8, 4) is 0 Å². The zero-order chi connectivity index (χ0) is 23.7. The van der Waals surface area contributed by atoms with E-state index in [1.54, 1.807) is 38.4 Å². The number of nitrogens with one attached hydrogen (secondary N) is 3. The summed E-state index contributed by atoms with van der Waals surface area (Å²) in [5, 5.41) is 23.9. The van der Waals surface area contributed by atoms with Gasteiger partial charge in [0.2, 0.25) is 0 Å². The Hall–Kier alpha value is -3.47. The second-order valence-corrected chi connectivity index (χ2v) is 8.32. The summed E-state index contributed by atoms with van der Waals surface area (Å²) >= 11 is 0. The first-order valence-corrected chi connectivity index (χ1v) is 10.9. The van der Waals surface area contributed by atoms with Crippen LogP contribution in [0.25, 0.3) is 0 Å². The molecular weight excluding hydrogens is 429 g/mol. The second kappa shape index (κ2) is 9.18. The average Bonchev–Trinajstić information content (AvgIpc) is 2.81. The molecule has 4 N–H and O–H groups in total. The number of carbonyl (C=O) groups is 1. The third-order valence-corrected chi connectivity index (χ3v) is 6.31. The number of halogens is 1. The number of amides is 1. The van der Waals surface area contributed by atoms with Crippen LogP contribution in [0.2, 0.25) is 0 Å². The maximum absolute atomic E-state index is 13.6. The van der Waals surface area contributed by atoms with Crippen LogP contribution in [0.5, 0.6) is 0 Å². The van der Waals surface area contributed by atoms with Gasteiger partial charge in [0, 0.05) is 26.0 Å². The standard InChI is InChI=1S/C22H28FN7O3/c1-12(21(32)27-14-7-6-13(14)23)20-28-18(11-19(24-2)30(20)25-3)26-15-5-4-10-29(22(15)33)16-8-9-17(16)31/h4-5,10-11,13-14,16-17,24,31H,3,6-9H2,1-2H3,(H,26,28)(H,27,32)/b20-12+/t13-,14-,16+,17-/m0/s1. The molecule has 4 rings (SSSR count). The Morgan fingerprint density at radius 2 is 2.12 bits per heavy atom. The lowest BCUT2D eigenvalue weighted by molar-refractivity contribution is -0.119. The molecule has 0 spiro atoms. The van der Waals surface area contributed by atoms with E-state index in [1.807, 2.05) is 0 Å². The summed E-state index contributed by atoms with van der Waals surface area (Å²) in [5.41, 5.74) is 0.217. The first-order chi connectivity index (χ1) is 15.8. The zero-order valence-corrected chi connectivity index (χ0v) is 18.6. The molecule has 0 saturated heterocycles. The molecule has 176 valence electrons. The topological polar surface area (TPSA) is 123 Å². The fourth-order valence-electron chi connectivity index (χ4n) is 3.92. The van der Waals surface area contributed by atoms with Gasteiger partial charge in [0.25, 0.3) is 11.5 Å². The largest absolute Gasteiger partial charge is 0.391 e. The molecule has 0 radical (unpaired) electrons. The molecule has 2 fully saturated rings. The molecular formula is C22H28FN7O3. The van der Waals surface area contributed by atoms with Crippen molar-refractivity contribution in [1.29, 1.82) is 0 Å². The SMILES string of the molecule is C=NN1C(NC)=CC(Nc2cccn([C@@H]3CC[C@@H]3O)c2=O)=N/C1=C(/C)C(=O)N[C@H]1CC[C@@H]1F. The summed E-state index contributed by atoms with van der Waals surface area (Å²) in [6.07, 6.45) is 4.12. The van der Waals surface area contributed by atoms with Gasteiger partial charge in [-0.25, -0.2) is 9.38 Å². The number of aromatic nitrogens is 1. The van der Waals surface area contributed by atoms with Crippen molar-refractivity contribution in [3.05, 3.63) is 52.0 Å². The van der Waals surface area contributed by atoms with Gasteiger partial charge in [-0.1, -0.05) is 0 Å². The lowest BCUT2D eigenvalue weighted by Gasteiger charge is -2.34. The number of aliphatic hydroxyl groups excluding tert-OH is 1. The summed E-state index contributed by atoms with van der Waals surface area (Å²) in [5.74, 6) is 0.518. The summed E-state index contributed by atoms with van der Waals surface area (Å²) in [7, 11) is 1.68. The molecule has 10 nitrogen and oxygen atoms in total. The van der Waals surface area contributed by atoms with E-state index >= 15 is 0 Å². The molecule has 0 bridgehead atoms. The normalized spacial score (nSPS) is 27.9. The summed E-state index contributed by atoms with van der Waals surface area (Å²) in [4.78, 5) is 30.2. The fourth-order valence-corrected chi connectivity index (χ4v) is 3.92. The maximum atomic E-state index is 13.6. The molecule has 1 aliphatic heterocycles. The highest BCUT2D eigenvalue weighted by Crippen LogP contribution is 2.31. The Kier molecular flexibility index (Phi) is 6.32. The van der Waals surface area contributed by atoms with Gasteiger partial charge in [-0.2, -0.15) is 10.1 Å². The van der Waals surface area contributed by atoms with E-state index in [0.717, 1.165) is 6.42 Å². The minimum absolute atomic E-state index is 0.192. The Morgan fingerprint density at radius 1 is 1.33 bits per heavy atom. The third-order valence-electron chi connectivity index (χ3n) is 6.31. The Morgan fingerprint density at radius 3 is 2.67 bits per heavy atom. The first-order valence-electron chi connectivity index (χ1n) is 10.9. The third kappa shape index (κ3) is 4.28. The van der Waals surface area contributed by atoms with Gasteiger partial charge in [0.15, 0.2) is 5.82 Å². The van der Waals surface area contributed by atoms with Gasteiger partial charge < -0.3 is 25.6 Å². The number of aliphatic hydroxyl groups is 1. The van der Waals surface area contributed by atoms with Crippen LogP contribution in [0.3, 0.4) is 0 Å². The van der Waals surface area contributed by atoms with E-state index in [1.165, 1.54) is 9.58 Å².